The van der Waals surface area contributed by atoms with E-state index in [1.807, 2.05) is 30.3 Å². The molecular formula is C15H21NO4. The molecule has 5 nitrogen and oxygen atoms in total. The summed E-state index contributed by atoms with van der Waals surface area (Å²) >= 11 is 0. The standard InChI is InChI=1S/C15H21NO4/c1-15(2,3)20-14(17)11-12(16-18)9-10-19-13-7-5-4-6-8-13/h4-8,12H,9-11H2,1-3H3. The van der Waals surface area contributed by atoms with Crippen LogP contribution in [0.1, 0.15) is 33.6 Å². The van der Waals surface area contributed by atoms with E-state index in [2.05, 4.69) is 5.18 Å². The molecule has 1 unspecified atom stereocenters. The summed E-state index contributed by atoms with van der Waals surface area (Å²) in [6.07, 6.45) is 0.372. The van der Waals surface area contributed by atoms with Crippen LogP contribution in [-0.4, -0.2) is 24.2 Å². The van der Waals surface area contributed by atoms with Crippen molar-refractivity contribution in [1.82, 2.24) is 0 Å². The van der Waals surface area contributed by atoms with Gasteiger partial charge in [-0.15, -0.1) is 0 Å². The summed E-state index contributed by atoms with van der Waals surface area (Å²) in [6, 6.07) is 8.67. The van der Waals surface area contributed by atoms with Gasteiger partial charge in [-0.05, 0) is 32.9 Å². The molecule has 0 spiro atoms. The Hall–Kier alpha value is -1.91. The summed E-state index contributed by atoms with van der Waals surface area (Å²) in [7, 11) is 0. The molecule has 0 fully saturated rings. The van der Waals surface area contributed by atoms with E-state index in [9.17, 15) is 9.70 Å². The fraction of sp³-hybridized carbons (Fsp3) is 0.533. The SMILES string of the molecule is CC(C)(C)OC(=O)CC(CCOc1ccccc1)N=O. The fourth-order valence-electron chi connectivity index (χ4n) is 1.60. The Bertz CT molecular complexity index is 425. The van der Waals surface area contributed by atoms with Crippen LogP contribution in [-0.2, 0) is 9.53 Å². The number of rotatable bonds is 7. The first-order valence-corrected chi connectivity index (χ1v) is 6.63. The van der Waals surface area contributed by atoms with Crippen molar-refractivity contribution >= 4 is 5.97 Å². The minimum atomic E-state index is -0.617. The lowest BCUT2D eigenvalue weighted by atomic mass is 10.1. The second kappa shape index (κ2) is 7.62. The fourth-order valence-corrected chi connectivity index (χ4v) is 1.60. The number of carbonyl (C=O) groups is 1. The molecule has 1 rings (SSSR count). The molecule has 1 aromatic rings. The van der Waals surface area contributed by atoms with Crippen LogP contribution in [0.4, 0.5) is 0 Å². The number of carbonyl (C=O) groups excluding carboxylic acids is 1. The van der Waals surface area contributed by atoms with Crippen LogP contribution in [0, 0.1) is 4.91 Å². The second-order valence-electron chi connectivity index (χ2n) is 5.50. The summed E-state index contributed by atoms with van der Waals surface area (Å²) in [5.41, 5.74) is -0.551. The first-order chi connectivity index (χ1) is 9.40. The van der Waals surface area contributed by atoms with Crippen LogP contribution in [0.25, 0.3) is 0 Å². The van der Waals surface area contributed by atoms with Crippen molar-refractivity contribution in [3.63, 3.8) is 0 Å². The number of hydrogen-bond acceptors (Lipinski definition) is 5. The molecular weight excluding hydrogens is 258 g/mol. The lowest BCUT2D eigenvalue weighted by Crippen LogP contribution is -2.26. The van der Waals surface area contributed by atoms with Crippen LogP contribution in [0.3, 0.4) is 0 Å². The van der Waals surface area contributed by atoms with Gasteiger partial charge in [-0.1, -0.05) is 23.4 Å². The van der Waals surface area contributed by atoms with Crippen molar-refractivity contribution < 1.29 is 14.3 Å². The second-order valence-corrected chi connectivity index (χ2v) is 5.50. The first-order valence-electron chi connectivity index (χ1n) is 6.63. The van der Waals surface area contributed by atoms with Crippen molar-refractivity contribution in [2.75, 3.05) is 6.61 Å². The van der Waals surface area contributed by atoms with Gasteiger partial charge in [-0.3, -0.25) is 4.79 Å². The maximum Gasteiger partial charge on any atom is 0.308 e. The van der Waals surface area contributed by atoms with Gasteiger partial charge < -0.3 is 9.47 Å². The van der Waals surface area contributed by atoms with Gasteiger partial charge in [-0.25, -0.2) is 0 Å². The van der Waals surface area contributed by atoms with Gasteiger partial charge in [0.25, 0.3) is 0 Å². The number of nitroso groups, excluding NO2 is 1. The maximum atomic E-state index is 11.6. The highest BCUT2D eigenvalue weighted by Crippen LogP contribution is 2.13. The third-order valence-electron chi connectivity index (χ3n) is 2.43. The van der Waals surface area contributed by atoms with Gasteiger partial charge in [0, 0.05) is 6.42 Å². The Balaban J connectivity index is 2.33. The predicted molar refractivity (Wildman–Crippen MR) is 76.6 cm³/mol. The van der Waals surface area contributed by atoms with Gasteiger partial charge in [0.2, 0.25) is 0 Å². The normalized spacial score (nSPS) is 12.6. The van der Waals surface area contributed by atoms with Crippen molar-refractivity contribution in [3.8, 4) is 5.75 Å². The maximum absolute atomic E-state index is 11.6. The van der Waals surface area contributed by atoms with E-state index in [4.69, 9.17) is 9.47 Å². The van der Waals surface area contributed by atoms with E-state index in [0.29, 0.717) is 13.0 Å². The van der Waals surface area contributed by atoms with Crippen LogP contribution in [0.15, 0.2) is 35.5 Å². The summed E-state index contributed by atoms with van der Waals surface area (Å²) < 4.78 is 10.6. The molecule has 110 valence electrons. The Morgan fingerprint density at radius 3 is 2.45 bits per heavy atom. The monoisotopic (exact) mass is 279 g/mol. The van der Waals surface area contributed by atoms with Crippen LogP contribution < -0.4 is 4.74 Å². The molecule has 1 atom stereocenters. The summed E-state index contributed by atoms with van der Waals surface area (Å²) in [6.45, 7) is 5.69. The minimum Gasteiger partial charge on any atom is -0.494 e. The molecule has 20 heavy (non-hydrogen) atoms. The number of benzene rings is 1. The third-order valence-corrected chi connectivity index (χ3v) is 2.43. The summed E-state index contributed by atoms with van der Waals surface area (Å²) in [5, 5.41) is 2.96. The van der Waals surface area contributed by atoms with Crippen molar-refractivity contribution in [2.45, 2.75) is 45.3 Å². The average molecular weight is 279 g/mol. The first kappa shape index (κ1) is 16.1. The van der Waals surface area contributed by atoms with E-state index >= 15 is 0 Å². The molecule has 0 bridgehead atoms. The van der Waals surface area contributed by atoms with E-state index in [1.165, 1.54) is 0 Å². The smallest absolute Gasteiger partial charge is 0.308 e. The number of hydrogen-bond donors (Lipinski definition) is 0. The molecule has 0 aliphatic carbocycles. The molecule has 0 N–H and O–H groups in total. The molecule has 0 aliphatic heterocycles. The molecule has 0 saturated heterocycles. The van der Waals surface area contributed by atoms with Gasteiger partial charge in [-0.2, -0.15) is 4.91 Å². The highest BCUT2D eigenvalue weighted by atomic mass is 16.6. The summed E-state index contributed by atoms with van der Waals surface area (Å²) in [4.78, 5) is 22.3. The molecule has 0 amide bonds. The molecule has 0 saturated carbocycles. The minimum absolute atomic E-state index is 0.0150. The van der Waals surface area contributed by atoms with Crippen molar-refractivity contribution in [2.24, 2.45) is 5.18 Å². The molecule has 0 aliphatic rings. The quantitative estimate of drug-likeness (QED) is 0.567. The Labute approximate surface area is 119 Å². The number of para-hydroxylation sites is 1. The molecule has 1 aromatic carbocycles. The Kier molecular flexibility index (Phi) is 6.15. The zero-order valence-electron chi connectivity index (χ0n) is 12.2. The van der Waals surface area contributed by atoms with Gasteiger partial charge in [0.05, 0.1) is 13.0 Å². The average Bonchev–Trinajstić information content (AvgIpc) is 2.36. The number of ether oxygens (including phenoxy) is 2. The van der Waals surface area contributed by atoms with Gasteiger partial charge in [0.15, 0.2) is 0 Å². The number of nitrogens with zero attached hydrogens (tertiary/aromatic N) is 1. The van der Waals surface area contributed by atoms with Crippen LogP contribution in [0.2, 0.25) is 0 Å². The van der Waals surface area contributed by atoms with E-state index < -0.39 is 17.6 Å². The number of esters is 1. The Morgan fingerprint density at radius 2 is 1.90 bits per heavy atom. The predicted octanol–water partition coefficient (Wildman–Crippen LogP) is 3.32. The molecule has 0 aromatic heterocycles. The zero-order chi connectivity index (χ0) is 15.0. The largest absolute Gasteiger partial charge is 0.494 e. The highest BCUT2D eigenvalue weighted by molar-refractivity contribution is 5.70. The lowest BCUT2D eigenvalue weighted by molar-refractivity contribution is -0.155. The van der Waals surface area contributed by atoms with Crippen molar-refractivity contribution in [3.05, 3.63) is 35.2 Å². The van der Waals surface area contributed by atoms with Gasteiger partial charge >= 0.3 is 5.97 Å². The Morgan fingerprint density at radius 1 is 1.25 bits per heavy atom. The van der Waals surface area contributed by atoms with Crippen LogP contribution >= 0.6 is 0 Å². The topological polar surface area (TPSA) is 65.0 Å². The van der Waals surface area contributed by atoms with E-state index in [0.717, 1.165) is 5.75 Å². The third kappa shape index (κ3) is 6.87. The van der Waals surface area contributed by atoms with E-state index in [1.54, 1.807) is 20.8 Å². The van der Waals surface area contributed by atoms with Crippen molar-refractivity contribution in [1.29, 1.82) is 0 Å². The molecule has 0 heterocycles. The van der Waals surface area contributed by atoms with E-state index in [-0.39, 0.29) is 6.42 Å². The van der Waals surface area contributed by atoms with Crippen LogP contribution in [0.5, 0.6) is 5.75 Å². The lowest BCUT2D eigenvalue weighted by Gasteiger charge is -2.20. The zero-order valence-corrected chi connectivity index (χ0v) is 12.2. The summed E-state index contributed by atoms with van der Waals surface area (Å²) in [5.74, 6) is 0.316. The molecule has 5 heteroatoms. The van der Waals surface area contributed by atoms with Gasteiger partial charge in [0.1, 0.15) is 17.4 Å². The molecule has 0 radical (unpaired) electrons. The highest BCUT2D eigenvalue weighted by Gasteiger charge is 2.21.